The molecule has 0 spiro atoms. The van der Waals surface area contributed by atoms with Gasteiger partial charge < -0.3 is 14.4 Å². The average molecular weight is 439 g/mol. The van der Waals surface area contributed by atoms with Crippen molar-refractivity contribution in [3.05, 3.63) is 47.3 Å². The normalized spacial score (nSPS) is 16.4. The Balaban J connectivity index is 1.56. The Hall–Kier alpha value is -1.45. The zero-order valence-electron chi connectivity index (χ0n) is 17.1. The topological polar surface area (TPSA) is 59.1 Å². The van der Waals surface area contributed by atoms with Gasteiger partial charge in [-0.25, -0.2) is 8.42 Å². The molecule has 6 nitrogen and oxygen atoms in total. The lowest BCUT2D eigenvalue weighted by Gasteiger charge is -2.37. The van der Waals surface area contributed by atoms with Crippen molar-refractivity contribution in [2.75, 3.05) is 47.0 Å². The maximum absolute atomic E-state index is 13.1. The molecular weight excluding hydrogens is 408 g/mol. The predicted octanol–water partition coefficient (Wildman–Crippen LogP) is 3.10. The number of rotatable bonds is 10. The van der Waals surface area contributed by atoms with E-state index in [4.69, 9.17) is 9.47 Å². The molecule has 0 amide bonds. The van der Waals surface area contributed by atoms with Crippen molar-refractivity contribution >= 4 is 21.4 Å². The summed E-state index contributed by atoms with van der Waals surface area (Å²) in [5, 5.41) is 1.81. The third-order valence-electron chi connectivity index (χ3n) is 5.41. The molecule has 8 heteroatoms. The van der Waals surface area contributed by atoms with Crippen LogP contribution in [-0.4, -0.2) is 70.7 Å². The average Bonchev–Trinajstić information content (AvgIpc) is 3.29. The summed E-state index contributed by atoms with van der Waals surface area (Å²) in [5.41, 5.74) is 1.29. The number of benzene rings is 1. The van der Waals surface area contributed by atoms with E-state index in [1.54, 1.807) is 30.7 Å². The maximum Gasteiger partial charge on any atom is 0.252 e. The van der Waals surface area contributed by atoms with Crippen molar-refractivity contribution in [1.29, 1.82) is 0 Å². The highest BCUT2D eigenvalue weighted by Gasteiger charge is 2.34. The fourth-order valence-corrected chi connectivity index (χ4v) is 6.50. The number of methoxy groups -OCH3 is 2. The van der Waals surface area contributed by atoms with Gasteiger partial charge in [0.05, 0.1) is 13.7 Å². The van der Waals surface area contributed by atoms with Crippen LogP contribution in [0, 0.1) is 0 Å². The molecule has 160 valence electrons. The lowest BCUT2D eigenvalue weighted by atomic mass is 10.0. The first-order valence-corrected chi connectivity index (χ1v) is 12.3. The van der Waals surface area contributed by atoms with Crippen molar-refractivity contribution in [2.24, 2.45) is 0 Å². The van der Waals surface area contributed by atoms with Gasteiger partial charge in [-0.1, -0.05) is 18.2 Å². The van der Waals surface area contributed by atoms with Gasteiger partial charge in [0.15, 0.2) is 0 Å². The van der Waals surface area contributed by atoms with Gasteiger partial charge >= 0.3 is 0 Å². The summed E-state index contributed by atoms with van der Waals surface area (Å²) in [5.74, 6) is 0.873. The summed E-state index contributed by atoms with van der Waals surface area (Å²) in [6.07, 6.45) is 2.67. The van der Waals surface area contributed by atoms with Crippen LogP contribution in [-0.2, 0) is 21.2 Å². The van der Waals surface area contributed by atoms with E-state index in [9.17, 15) is 8.42 Å². The van der Waals surface area contributed by atoms with Crippen molar-refractivity contribution in [1.82, 2.24) is 9.21 Å². The number of piperidine rings is 1. The highest BCUT2D eigenvalue weighted by atomic mass is 32.2. The SMILES string of the molecule is COCCN(C1CCN(CCc2ccc(OC)cc2)CC1)S(=O)(=O)c1cccs1. The summed E-state index contributed by atoms with van der Waals surface area (Å²) < 4.78 is 38.7. The van der Waals surface area contributed by atoms with Gasteiger partial charge in [0.1, 0.15) is 9.96 Å². The Labute approximate surface area is 178 Å². The second kappa shape index (κ2) is 10.5. The van der Waals surface area contributed by atoms with E-state index in [0.717, 1.165) is 44.6 Å². The van der Waals surface area contributed by atoms with Gasteiger partial charge in [-0.15, -0.1) is 11.3 Å². The van der Waals surface area contributed by atoms with E-state index in [1.807, 2.05) is 17.5 Å². The highest BCUT2D eigenvalue weighted by molar-refractivity contribution is 7.91. The molecule has 0 aliphatic carbocycles. The fraction of sp³-hybridized carbons (Fsp3) is 0.524. The largest absolute Gasteiger partial charge is 0.497 e. The molecule has 0 N–H and O–H groups in total. The third kappa shape index (κ3) is 5.79. The molecule has 0 saturated carbocycles. The summed E-state index contributed by atoms with van der Waals surface area (Å²) >= 11 is 1.27. The number of ether oxygens (including phenoxy) is 2. The number of thiophene rings is 1. The zero-order chi connectivity index (χ0) is 20.7. The minimum atomic E-state index is -3.47. The van der Waals surface area contributed by atoms with Crippen LogP contribution >= 0.6 is 11.3 Å². The number of hydrogen-bond acceptors (Lipinski definition) is 6. The Kier molecular flexibility index (Phi) is 8.08. The van der Waals surface area contributed by atoms with Crippen LogP contribution in [0.15, 0.2) is 46.0 Å². The Morgan fingerprint density at radius 1 is 1.14 bits per heavy atom. The maximum atomic E-state index is 13.1. The van der Waals surface area contributed by atoms with Gasteiger partial charge in [-0.05, 0) is 61.5 Å². The van der Waals surface area contributed by atoms with Crippen molar-refractivity contribution in [3.8, 4) is 5.75 Å². The minimum absolute atomic E-state index is 0.0227. The molecule has 1 saturated heterocycles. The lowest BCUT2D eigenvalue weighted by molar-refractivity contribution is 0.128. The second-order valence-electron chi connectivity index (χ2n) is 7.21. The number of sulfonamides is 1. The smallest absolute Gasteiger partial charge is 0.252 e. The van der Waals surface area contributed by atoms with Crippen LogP contribution in [0.25, 0.3) is 0 Å². The van der Waals surface area contributed by atoms with Crippen molar-refractivity contribution in [2.45, 2.75) is 29.5 Å². The standard InChI is InChI=1S/C21H30N2O4S2/c1-26-16-15-23(29(24,25)21-4-3-17-28-21)19-10-13-22(14-11-19)12-9-18-5-7-20(27-2)8-6-18/h3-8,17,19H,9-16H2,1-2H3. The molecule has 0 bridgehead atoms. The third-order valence-corrected chi connectivity index (χ3v) is 8.74. The second-order valence-corrected chi connectivity index (χ2v) is 10.3. The van der Waals surface area contributed by atoms with Gasteiger partial charge in [-0.2, -0.15) is 4.31 Å². The monoisotopic (exact) mass is 438 g/mol. The summed E-state index contributed by atoms with van der Waals surface area (Å²) in [7, 11) is -0.184. The molecule has 29 heavy (non-hydrogen) atoms. The number of nitrogens with zero attached hydrogens (tertiary/aromatic N) is 2. The molecule has 0 unspecified atom stereocenters. The van der Waals surface area contributed by atoms with E-state index < -0.39 is 10.0 Å². The van der Waals surface area contributed by atoms with Crippen LogP contribution in [0.4, 0.5) is 0 Å². The van der Waals surface area contributed by atoms with Crippen LogP contribution in [0.1, 0.15) is 18.4 Å². The highest BCUT2D eigenvalue weighted by Crippen LogP contribution is 2.27. The first-order valence-electron chi connectivity index (χ1n) is 9.94. The van der Waals surface area contributed by atoms with E-state index >= 15 is 0 Å². The molecule has 1 aliphatic rings. The van der Waals surface area contributed by atoms with E-state index in [-0.39, 0.29) is 6.04 Å². The molecule has 1 aromatic heterocycles. The molecule has 0 atom stereocenters. The Morgan fingerprint density at radius 2 is 1.86 bits per heavy atom. The first-order chi connectivity index (χ1) is 14.0. The van der Waals surface area contributed by atoms with Gasteiger partial charge in [0, 0.05) is 26.2 Å². The van der Waals surface area contributed by atoms with Crippen LogP contribution < -0.4 is 4.74 Å². The van der Waals surface area contributed by atoms with E-state index in [1.165, 1.54) is 16.9 Å². The van der Waals surface area contributed by atoms with Crippen molar-refractivity contribution in [3.63, 3.8) is 0 Å². The zero-order valence-corrected chi connectivity index (χ0v) is 18.8. The van der Waals surface area contributed by atoms with Gasteiger partial charge in [0.2, 0.25) is 0 Å². The number of likely N-dealkylation sites (tertiary alicyclic amines) is 1. The summed E-state index contributed by atoms with van der Waals surface area (Å²) in [6, 6.07) is 11.7. The Bertz CT molecular complexity index is 830. The van der Waals surface area contributed by atoms with Crippen molar-refractivity contribution < 1.29 is 17.9 Å². The molecule has 1 fully saturated rings. The lowest BCUT2D eigenvalue weighted by Crippen LogP contribution is -2.48. The van der Waals surface area contributed by atoms with E-state index in [0.29, 0.717) is 17.4 Å². The molecule has 2 aromatic rings. The van der Waals surface area contributed by atoms with Crippen LogP contribution in [0.3, 0.4) is 0 Å². The van der Waals surface area contributed by atoms with E-state index in [2.05, 4.69) is 17.0 Å². The van der Waals surface area contributed by atoms with Gasteiger partial charge in [0.25, 0.3) is 10.0 Å². The quantitative estimate of drug-likeness (QED) is 0.571. The first kappa shape index (κ1) is 22.2. The Morgan fingerprint density at radius 3 is 2.45 bits per heavy atom. The molecule has 1 aromatic carbocycles. The molecule has 3 rings (SSSR count). The molecule has 1 aliphatic heterocycles. The molecule has 0 radical (unpaired) electrons. The molecular formula is C21H30N2O4S2. The molecule has 2 heterocycles. The summed E-state index contributed by atoms with van der Waals surface area (Å²) in [6.45, 7) is 3.60. The fourth-order valence-electron chi connectivity index (χ4n) is 3.72. The summed E-state index contributed by atoms with van der Waals surface area (Å²) in [4.78, 5) is 2.42. The van der Waals surface area contributed by atoms with Crippen LogP contribution in [0.5, 0.6) is 5.75 Å². The predicted molar refractivity (Wildman–Crippen MR) is 116 cm³/mol. The minimum Gasteiger partial charge on any atom is -0.497 e. The van der Waals surface area contributed by atoms with Gasteiger partial charge in [-0.3, -0.25) is 0 Å². The van der Waals surface area contributed by atoms with Crippen LogP contribution in [0.2, 0.25) is 0 Å². The number of hydrogen-bond donors (Lipinski definition) is 0.